The summed E-state index contributed by atoms with van der Waals surface area (Å²) in [5, 5.41) is 5.73. The molecule has 1 aliphatic carbocycles. The number of hydrogen-bond donors (Lipinski definition) is 2. The molecule has 0 bridgehead atoms. The summed E-state index contributed by atoms with van der Waals surface area (Å²) in [7, 11) is -1.80. The molecule has 2 amide bonds. The second-order valence-corrected chi connectivity index (χ2v) is 11.7. The van der Waals surface area contributed by atoms with E-state index in [0.717, 1.165) is 25.7 Å². The van der Waals surface area contributed by atoms with E-state index < -0.39 is 10.2 Å². The number of anilines is 1. The van der Waals surface area contributed by atoms with E-state index in [4.69, 9.17) is 0 Å². The maximum absolute atomic E-state index is 13.1. The van der Waals surface area contributed by atoms with Crippen molar-refractivity contribution >= 4 is 27.7 Å². The van der Waals surface area contributed by atoms with Gasteiger partial charge in [0, 0.05) is 45.8 Å². The Kier molecular flexibility index (Phi) is 9.47. The lowest BCUT2D eigenvalue weighted by molar-refractivity contribution is -0.117. The van der Waals surface area contributed by atoms with Crippen molar-refractivity contribution in [3.8, 4) is 0 Å². The van der Waals surface area contributed by atoms with Crippen molar-refractivity contribution in [2.45, 2.75) is 52.0 Å². The molecule has 0 aromatic heterocycles. The van der Waals surface area contributed by atoms with E-state index in [2.05, 4.69) is 10.6 Å². The van der Waals surface area contributed by atoms with Gasteiger partial charge >= 0.3 is 0 Å². The monoisotopic (exact) mass is 493 g/mol. The minimum atomic E-state index is -3.49. The smallest absolute Gasteiger partial charge is 0.282 e. The van der Waals surface area contributed by atoms with Crippen LogP contribution in [0.5, 0.6) is 0 Å². The second-order valence-electron chi connectivity index (χ2n) is 9.69. The van der Waals surface area contributed by atoms with E-state index in [9.17, 15) is 18.0 Å². The molecule has 2 fully saturated rings. The number of para-hydroxylation sites is 1. The third-order valence-corrected chi connectivity index (χ3v) is 8.64. The lowest BCUT2D eigenvalue weighted by Gasteiger charge is -2.38. The largest absolute Gasteiger partial charge is 0.352 e. The summed E-state index contributed by atoms with van der Waals surface area (Å²) in [5.41, 5.74) is 0.905. The molecule has 0 spiro atoms. The molecule has 1 aromatic carbocycles. The van der Waals surface area contributed by atoms with Gasteiger partial charge in [-0.3, -0.25) is 14.5 Å². The van der Waals surface area contributed by atoms with Crippen LogP contribution in [-0.2, 0) is 15.0 Å². The first-order valence-electron chi connectivity index (χ1n) is 12.3. The van der Waals surface area contributed by atoms with Crippen LogP contribution in [0.2, 0.25) is 0 Å². The Morgan fingerprint density at radius 3 is 2.35 bits per heavy atom. The standard InChI is InChI=1S/C24H39N5O4S/c1-19(2)17-25-24(31)21-11-7-8-12-22(21)26-23(30)18-28-13-15-29(16-14-28)34(32,33)27(3)20-9-5-4-6-10-20/h7-8,11-12,19-20H,4-6,9-10,13-18H2,1-3H3,(H,25,31)(H,26,30). The molecule has 0 atom stereocenters. The normalized spacial score (nSPS) is 18.9. The van der Waals surface area contributed by atoms with Gasteiger partial charge in [-0.05, 0) is 30.9 Å². The molecule has 1 aliphatic heterocycles. The molecule has 0 radical (unpaired) electrons. The Morgan fingerprint density at radius 2 is 1.71 bits per heavy atom. The maximum atomic E-state index is 13.1. The van der Waals surface area contributed by atoms with Gasteiger partial charge in [0.05, 0.1) is 17.8 Å². The number of piperazine rings is 1. The van der Waals surface area contributed by atoms with Crippen LogP contribution in [0.4, 0.5) is 5.69 Å². The predicted molar refractivity (Wildman–Crippen MR) is 134 cm³/mol. The molecule has 2 aliphatic rings. The van der Waals surface area contributed by atoms with Crippen molar-refractivity contribution in [2.75, 3.05) is 51.6 Å². The Morgan fingerprint density at radius 1 is 1.06 bits per heavy atom. The summed E-state index contributed by atoms with van der Waals surface area (Å²) in [6.45, 7) is 6.45. The lowest BCUT2D eigenvalue weighted by Crippen LogP contribution is -2.55. The fraction of sp³-hybridized carbons (Fsp3) is 0.667. The summed E-state index contributed by atoms with van der Waals surface area (Å²) in [5.74, 6) is -0.110. The molecular formula is C24H39N5O4S. The van der Waals surface area contributed by atoms with Gasteiger partial charge in [-0.2, -0.15) is 17.0 Å². The predicted octanol–water partition coefficient (Wildman–Crippen LogP) is 2.14. The van der Waals surface area contributed by atoms with Crippen LogP contribution in [0.1, 0.15) is 56.3 Å². The first-order chi connectivity index (χ1) is 16.2. The number of nitrogens with one attached hydrogen (secondary N) is 2. The topological polar surface area (TPSA) is 102 Å². The number of benzene rings is 1. The zero-order valence-corrected chi connectivity index (χ0v) is 21.4. The number of nitrogens with zero attached hydrogens (tertiary/aromatic N) is 3. The van der Waals surface area contributed by atoms with E-state index in [-0.39, 0.29) is 24.4 Å². The fourth-order valence-corrected chi connectivity index (χ4v) is 6.09. The highest BCUT2D eigenvalue weighted by Crippen LogP contribution is 2.25. The van der Waals surface area contributed by atoms with E-state index in [1.165, 1.54) is 10.7 Å². The van der Waals surface area contributed by atoms with Gasteiger partial charge in [0.2, 0.25) is 5.91 Å². The van der Waals surface area contributed by atoms with E-state index in [0.29, 0.717) is 49.9 Å². The van der Waals surface area contributed by atoms with Gasteiger partial charge in [-0.25, -0.2) is 0 Å². The van der Waals surface area contributed by atoms with Crippen LogP contribution >= 0.6 is 0 Å². The molecule has 190 valence electrons. The molecule has 1 heterocycles. The van der Waals surface area contributed by atoms with Gasteiger partial charge in [-0.1, -0.05) is 45.2 Å². The molecule has 0 unspecified atom stereocenters. The zero-order chi connectivity index (χ0) is 24.7. The molecule has 1 saturated heterocycles. The number of hydrogen-bond acceptors (Lipinski definition) is 5. The van der Waals surface area contributed by atoms with Crippen LogP contribution in [0.25, 0.3) is 0 Å². The number of rotatable bonds is 9. The average Bonchev–Trinajstić information content (AvgIpc) is 2.83. The highest BCUT2D eigenvalue weighted by molar-refractivity contribution is 7.86. The van der Waals surface area contributed by atoms with E-state index in [1.807, 2.05) is 18.7 Å². The van der Waals surface area contributed by atoms with Crippen molar-refractivity contribution < 1.29 is 18.0 Å². The van der Waals surface area contributed by atoms with Crippen molar-refractivity contribution in [1.82, 2.24) is 18.8 Å². The van der Waals surface area contributed by atoms with Gasteiger partial charge in [0.25, 0.3) is 16.1 Å². The molecule has 1 aromatic rings. The molecule has 34 heavy (non-hydrogen) atoms. The van der Waals surface area contributed by atoms with Gasteiger partial charge in [0.15, 0.2) is 0 Å². The minimum Gasteiger partial charge on any atom is -0.352 e. The summed E-state index contributed by atoms with van der Waals surface area (Å²) in [6.07, 6.45) is 5.18. The van der Waals surface area contributed by atoms with Gasteiger partial charge in [-0.15, -0.1) is 0 Å². The number of carbonyl (C=O) groups excluding carboxylic acids is 2. The van der Waals surface area contributed by atoms with Gasteiger partial charge in [0.1, 0.15) is 0 Å². The quantitative estimate of drug-likeness (QED) is 0.549. The van der Waals surface area contributed by atoms with Gasteiger partial charge < -0.3 is 10.6 Å². The number of amides is 2. The first kappa shape index (κ1) is 26.6. The van der Waals surface area contributed by atoms with Crippen LogP contribution in [0.15, 0.2) is 24.3 Å². The molecule has 2 N–H and O–H groups in total. The minimum absolute atomic E-state index is 0.0837. The molecule has 10 heteroatoms. The van der Waals surface area contributed by atoms with E-state index in [1.54, 1.807) is 35.6 Å². The third kappa shape index (κ3) is 7.00. The van der Waals surface area contributed by atoms with Crippen molar-refractivity contribution in [3.63, 3.8) is 0 Å². The molecular weight excluding hydrogens is 454 g/mol. The molecule has 9 nitrogen and oxygen atoms in total. The van der Waals surface area contributed by atoms with Crippen molar-refractivity contribution in [2.24, 2.45) is 5.92 Å². The Hall–Kier alpha value is -2.01. The van der Waals surface area contributed by atoms with Crippen LogP contribution in [0.3, 0.4) is 0 Å². The van der Waals surface area contributed by atoms with Crippen LogP contribution in [-0.4, -0.2) is 86.1 Å². The lowest BCUT2D eigenvalue weighted by atomic mass is 9.96. The molecule has 1 saturated carbocycles. The summed E-state index contributed by atoms with van der Waals surface area (Å²) < 4.78 is 29.2. The number of carbonyl (C=O) groups is 2. The third-order valence-electron chi connectivity index (χ3n) is 6.59. The SMILES string of the molecule is CC(C)CNC(=O)c1ccccc1NC(=O)CN1CCN(S(=O)(=O)N(C)C2CCCCC2)CC1. The molecule has 3 rings (SSSR count). The Bertz CT molecular complexity index is 938. The van der Waals surface area contributed by atoms with Crippen molar-refractivity contribution in [3.05, 3.63) is 29.8 Å². The van der Waals surface area contributed by atoms with Crippen molar-refractivity contribution in [1.29, 1.82) is 0 Å². The average molecular weight is 494 g/mol. The second kappa shape index (κ2) is 12.1. The Labute approximate surface area is 204 Å². The van der Waals surface area contributed by atoms with Crippen LogP contribution < -0.4 is 10.6 Å². The summed E-state index contributed by atoms with van der Waals surface area (Å²) >= 11 is 0. The zero-order valence-electron chi connectivity index (χ0n) is 20.6. The van der Waals surface area contributed by atoms with Crippen LogP contribution in [0, 0.1) is 5.92 Å². The Balaban J connectivity index is 1.51. The summed E-state index contributed by atoms with van der Waals surface area (Å²) in [6, 6.07) is 7.04. The highest BCUT2D eigenvalue weighted by Gasteiger charge is 2.34. The first-order valence-corrected chi connectivity index (χ1v) is 13.7. The maximum Gasteiger partial charge on any atom is 0.282 e. The summed E-state index contributed by atoms with van der Waals surface area (Å²) in [4.78, 5) is 27.1. The highest BCUT2D eigenvalue weighted by atomic mass is 32.2. The fourth-order valence-electron chi connectivity index (χ4n) is 4.51. The van der Waals surface area contributed by atoms with E-state index >= 15 is 0 Å².